The van der Waals surface area contributed by atoms with Crippen LogP contribution >= 0.6 is 31.9 Å². The minimum atomic E-state index is 0.718. The van der Waals surface area contributed by atoms with E-state index in [1.165, 1.54) is 4.85 Å². The van der Waals surface area contributed by atoms with Crippen LogP contribution in [-0.4, -0.2) is 9.94 Å². The van der Waals surface area contributed by atoms with E-state index < -0.39 is 0 Å². The fraction of sp³-hybridized carbons (Fsp3) is 0. The van der Waals surface area contributed by atoms with Gasteiger partial charge in [-0.1, -0.05) is 31.9 Å². The predicted molar refractivity (Wildman–Crippen MR) is 60.1 cm³/mol. The van der Waals surface area contributed by atoms with Crippen LogP contribution in [0.1, 0.15) is 0 Å². The Morgan fingerprint density at radius 3 is 2.43 bits per heavy atom. The van der Waals surface area contributed by atoms with Crippen molar-refractivity contribution in [1.29, 1.82) is 0 Å². The van der Waals surface area contributed by atoms with Gasteiger partial charge < -0.3 is 4.84 Å². The molecule has 5 heteroatoms. The molecule has 0 unspecified atom stereocenters. The average Bonchev–Trinajstić information content (AvgIpc) is 2.54. The van der Waals surface area contributed by atoms with Gasteiger partial charge in [-0.25, -0.2) is 0 Å². The number of halogens is 2. The van der Waals surface area contributed by atoms with Crippen molar-refractivity contribution in [2.24, 2.45) is 0 Å². The third-order valence-electron chi connectivity index (χ3n) is 1.52. The van der Waals surface area contributed by atoms with Gasteiger partial charge in [0.1, 0.15) is 0 Å². The summed E-state index contributed by atoms with van der Waals surface area (Å²) in [6.45, 7) is 0. The monoisotopic (exact) mass is 316 g/mol. The van der Waals surface area contributed by atoms with Crippen molar-refractivity contribution in [1.82, 2.24) is 9.94 Å². The summed E-state index contributed by atoms with van der Waals surface area (Å²) in [5.74, 6) is 0.718. The fourth-order valence-corrected chi connectivity index (χ4v) is 2.25. The smallest absolute Gasteiger partial charge is 0.160 e. The molecule has 0 radical (unpaired) electrons. The van der Waals surface area contributed by atoms with E-state index in [4.69, 9.17) is 4.84 Å². The summed E-state index contributed by atoms with van der Waals surface area (Å²) in [5.41, 5.74) is 0. The van der Waals surface area contributed by atoms with Gasteiger partial charge in [0.05, 0.1) is 12.4 Å². The molecule has 0 aliphatic carbocycles. The van der Waals surface area contributed by atoms with Gasteiger partial charge in [0.2, 0.25) is 0 Å². The summed E-state index contributed by atoms with van der Waals surface area (Å²) >= 11 is 6.75. The third-order valence-corrected chi connectivity index (χ3v) is 2.43. The zero-order valence-corrected chi connectivity index (χ0v) is 10.2. The highest BCUT2D eigenvalue weighted by Gasteiger charge is 1.99. The zero-order chi connectivity index (χ0) is 9.97. The SMILES string of the molecule is Brc1cc(Br)cc(On2cccn2)c1. The van der Waals surface area contributed by atoms with Crippen molar-refractivity contribution >= 4 is 31.9 Å². The van der Waals surface area contributed by atoms with Crippen molar-refractivity contribution in [2.45, 2.75) is 0 Å². The highest BCUT2D eigenvalue weighted by molar-refractivity contribution is 9.11. The number of aromatic nitrogens is 2. The quantitative estimate of drug-likeness (QED) is 0.850. The Labute approximate surface area is 97.9 Å². The van der Waals surface area contributed by atoms with Gasteiger partial charge in [-0.2, -0.15) is 0 Å². The molecule has 0 spiro atoms. The minimum absolute atomic E-state index is 0.718. The van der Waals surface area contributed by atoms with Gasteiger partial charge in [0.15, 0.2) is 5.75 Å². The molecule has 0 saturated carbocycles. The molecule has 1 heterocycles. The first-order valence-electron chi connectivity index (χ1n) is 3.88. The molecule has 0 atom stereocenters. The molecular formula is C9H6Br2N2O. The van der Waals surface area contributed by atoms with Crippen LogP contribution in [-0.2, 0) is 0 Å². The second kappa shape index (κ2) is 4.14. The Bertz CT molecular complexity index is 408. The average molecular weight is 318 g/mol. The van der Waals surface area contributed by atoms with E-state index in [2.05, 4.69) is 37.0 Å². The number of hydrogen-bond donors (Lipinski definition) is 0. The Morgan fingerprint density at radius 2 is 1.86 bits per heavy atom. The minimum Gasteiger partial charge on any atom is -0.358 e. The lowest BCUT2D eigenvalue weighted by molar-refractivity contribution is 0.178. The maximum atomic E-state index is 5.43. The second-order valence-electron chi connectivity index (χ2n) is 2.61. The summed E-state index contributed by atoms with van der Waals surface area (Å²) in [7, 11) is 0. The predicted octanol–water partition coefficient (Wildman–Crippen LogP) is 3.25. The zero-order valence-electron chi connectivity index (χ0n) is 7.02. The van der Waals surface area contributed by atoms with E-state index in [0.717, 1.165) is 14.7 Å². The molecule has 2 aromatic rings. The van der Waals surface area contributed by atoms with E-state index in [9.17, 15) is 0 Å². The Morgan fingerprint density at radius 1 is 1.14 bits per heavy atom. The highest BCUT2D eigenvalue weighted by atomic mass is 79.9. The van der Waals surface area contributed by atoms with Crippen molar-refractivity contribution in [3.8, 4) is 5.75 Å². The number of hydrogen-bond acceptors (Lipinski definition) is 2. The summed E-state index contributed by atoms with van der Waals surface area (Å²) in [6.07, 6.45) is 3.39. The first-order chi connectivity index (χ1) is 6.74. The Kier molecular flexibility index (Phi) is 2.88. The molecule has 0 bridgehead atoms. The van der Waals surface area contributed by atoms with Crippen LogP contribution in [0.5, 0.6) is 5.75 Å². The van der Waals surface area contributed by atoms with E-state index in [0.29, 0.717) is 0 Å². The molecule has 2 rings (SSSR count). The summed E-state index contributed by atoms with van der Waals surface area (Å²) in [5, 5.41) is 3.93. The number of nitrogens with zero attached hydrogens (tertiary/aromatic N) is 2. The first kappa shape index (κ1) is 9.73. The maximum absolute atomic E-state index is 5.43. The third kappa shape index (κ3) is 2.36. The molecule has 1 aromatic carbocycles. The van der Waals surface area contributed by atoms with Gasteiger partial charge >= 0.3 is 0 Å². The molecule has 0 amide bonds. The van der Waals surface area contributed by atoms with Gasteiger partial charge in [0.25, 0.3) is 0 Å². The highest BCUT2D eigenvalue weighted by Crippen LogP contribution is 2.24. The van der Waals surface area contributed by atoms with Crippen LogP contribution < -0.4 is 4.84 Å². The van der Waals surface area contributed by atoms with E-state index in [-0.39, 0.29) is 0 Å². The van der Waals surface area contributed by atoms with Crippen molar-refractivity contribution in [2.75, 3.05) is 0 Å². The second-order valence-corrected chi connectivity index (χ2v) is 4.44. The van der Waals surface area contributed by atoms with Crippen LogP contribution in [0.4, 0.5) is 0 Å². The normalized spacial score (nSPS) is 10.1. The number of benzene rings is 1. The molecule has 3 nitrogen and oxygen atoms in total. The van der Waals surface area contributed by atoms with Gasteiger partial charge in [-0.3, -0.25) is 0 Å². The summed E-state index contributed by atoms with van der Waals surface area (Å²) in [4.78, 5) is 6.82. The lowest BCUT2D eigenvalue weighted by Crippen LogP contribution is -2.04. The largest absolute Gasteiger partial charge is 0.358 e. The van der Waals surface area contributed by atoms with Crippen LogP contribution in [0.15, 0.2) is 45.6 Å². The fourth-order valence-electron chi connectivity index (χ4n) is 0.998. The van der Waals surface area contributed by atoms with Crippen LogP contribution in [0.2, 0.25) is 0 Å². The molecule has 0 fully saturated rings. The van der Waals surface area contributed by atoms with E-state index >= 15 is 0 Å². The molecule has 0 aliphatic heterocycles. The van der Waals surface area contributed by atoms with Crippen LogP contribution in [0.25, 0.3) is 0 Å². The van der Waals surface area contributed by atoms with Crippen LogP contribution in [0, 0.1) is 0 Å². The topological polar surface area (TPSA) is 27.1 Å². The number of rotatable bonds is 2. The van der Waals surface area contributed by atoms with Crippen molar-refractivity contribution < 1.29 is 4.84 Å². The van der Waals surface area contributed by atoms with Gasteiger partial charge in [-0.05, 0) is 24.3 Å². The molecule has 14 heavy (non-hydrogen) atoms. The van der Waals surface area contributed by atoms with Crippen LogP contribution in [0.3, 0.4) is 0 Å². The summed E-state index contributed by atoms with van der Waals surface area (Å²) in [6, 6.07) is 7.47. The molecule has 0 aliphatic rings. The van der Waals surface area contributed by atoms with Gasteiger partial charge in [0, 0.05) is 8.95 Å². The Balaban J connectivity index is 2.25. The maximum Gasteiger partial charge on any atom is 0.160 e. The van der Waals surface area contributed by atoms with Crippen molar-refractivity contribution in [3.63, 3.8) is 0 Å². The van der Waals surface area contributed by atoms with Crippen molar-refractivity contribution in [3.05, 3.63) is 45.6 Å². The molecular weight excluding hydrogens is 312 g/mol. The molecule has 1 aromatic heterocycles. The Hall–Kier alpha value is -0.810. The van der Waals surface area contributed by atoms with E-state index in [1.807, 2.05) is 18.2 Å². The first-order valence-corrected chi connectivity index (χ1v) is 5.47. The summed E-state index contributed by atoms with van der Waals surface area (Å²) < 4.78 is 1.91. The standard InChI is InChI=1S/C9H6Br2N2O/c10-7-4-8(11)6-9(5-7)14-13-3-1-2-12-13/h1-6H. The van der Waals surface area contributed by atoms with E-state index in [1.54, 1.807) is 18.5 Å². The van der Waals surface area contributed by atoms with Gasteiger partial charge in [-0.15, -0.1) is 9.94 Å². The molecule has 72 valence electrons. The lowest BCUT2D eigenvalue weighted by atomic mass is 10.3. The molecule has 0 N–H and O–H groups in total. The molecule has 0 saturated heterocycles. The lowest BCUT2D eigenvalue weighted by Gasteiger charge is -2.04.